The van der Waals surface area contributed by atoms with E-state index in [1.165, 1.54) is 6.07 Å². The lowest BCUT2D eigenvalue weighted by molar-refractivity contribution is -0.386. The first kappa shape index (κ1) is 11.7. The maximum Gasteiger partial charge on any atom is 0.275 e. The molecular formula is C11H15NO3. The van der Waals surface area contributed by atoms with Gasteiger partial charge in [0.15, 0.2) is 0 Å². The number of hydrogen-bond donors (Lipinski definition) is 0. The third-order valence-electron chi connectivity index (χ3n) is 2.05. The number of nitrogens with zero attached hydrogens (tertiary/aromatic N) is 1. The molecule has 0 N–H and O–H groups in total. The molecule has 15 heavy (non-hydrogen) atoms. The zero-order valence-corrected chi connectivity index (χ0v) is 9.14. The van der Waals surface area contributed by atoms with Crippen LogP contribution in [0.15, 0.2) is 24.3 Å². The van der Waals surface area contributed by atoms with Gasteiger partial charge in [-0.3, -0.25) is 10.1 Å². The van der Waals surface area contributed by atoms with E-state index in [0.29, 0.717) is 5.56 Å². The highest BCUT2D eigenvalue weighted by molar-refractivity contribution is 5.41. The lowest BCUT2D eigenvalue weighted by atomic mass is 10.1. The molecule has 0 amide bonds. The molecule has 0 aliphatic rings. The monoisotopic (exact) mass is 209 g/mol. The van der Waals surface area contributed by atoms with Gasteiger partial charge in [-0.2, -0.15) is 0 Å². The third-order valence-corrected chi connectivity index (χ3v) is 2.05. The van der Waals surface area contributed by atoms with Gasteiger partial charge in [0.25, 0.3) is 5.69 Å². The summed E-state index contributed by atoms with van der Waals surface area (Å²) in [5, 5.41) is 10.8. The zero-order chi connectivity index (χ0) is 11.4. The summed E-state index contributed by atoms with van der Waals surface area (Å²) in [5.41, 5.74) is 0.738. The molecule has 0 saturated carbocycles. The minimum atomic E-state index is -0.379. The normalized spacial score (nSPS) is 12.8. The summed E-state index contributed by atoms with van der Waals surface area (Å²) in [7, 11) is 0. The molecule has 0 spiro atoms. The van der Waals surface area contributed by atoms with Gasteiger partial charge in [-0.15, -0.1) is 0 Å². The van der Waals surface area contributed by atoms with Gasteiger partial charge < -0.3 is 4.74 Å². The Kier molecular flexibility index (Phi) is 3.80. The fourth-order valence-corrected chi connectivity index (χ4v) is 1.48. The molecule has 0 fully saturated rings. The number of nitro groups is 1. The summed E-state index contributed by atoms with van der Waals surface area (Å²) in [5.74, 6) is 0. The SMILES string of the molecule is CC(C)OC(C)c1ccccc1[N+](=O)[O-]. The van der Waals surface area contributed by atoms with Crippen LogP contribution in [0.3, 0.4) is 0 Å². The van der Waals surface area contributed by atoms with Crippen molar-refractivity contribution in [2.75, 3.05) is 0 Å². The Hall–Kier alpha value is -1.42. The highest BCUT2D eigenvalue weighted by Gasteiger charge is 2.18. The van der Waals surface area contributed by atoms with E-state index in [9.17, 15) is 10.1 Å². The zero-order valence-electron chi connectivity index (χ0n) is 9.14. The van der Waals surface area contributed by atoms with Crippen LogP contribution in [0.1, 0.15) is 32.4 Å². The molecule has 1 unspecified atom stereocenters. The van der Waals surface area contributed by atoms with E-state index in [1.54, 1.807) is 18.2 Å². The van der Waals surface area contributed by atoms with Crippen molar-refractivity contribution in [3.63, 3.8) is 0 Å². The molecule has 4 heteroatoms. The third kappa shape index (κ3) is 3.02. The standard InChI is InChI=1S/C11H15NO3/c1-8(2)15-9(3)10-6-4-5-7-11(10)12(13)14/h4-9H,1-3H3. The summed E-state index contributed by atoms with van der Waals surface area (Å²) in [6.07, 6.45) is -0.202. The summed E-state index contributed by atoms with van der Waals surface area (Å²) in [4.78, 5) is 10.4. The van der Waals surface area contributed by atoms with Crippen LogP contribution in [0.25, 0.3) is 0 Å². The first-order valence-electron chi connectivity index (χ1n) is 4.91. The molecular weight excluding hydrogens is 194 g/mol. The van der Waals surface area contributed by atoms with Gasteiger partial charge in [0.2, 0.25) is 0 Å². The van der Waals surface area contributed by atoms with Crippen molar-refractivity contribution in [2.45, 2.75) is 33.0 Å². The van der Waals surface area contributed by atoms with Gasteiger partial charge in [-0.1, -0.05) is 12.1 Å². The van der Waals surface area contributed by atoms with E-state index in [1.807, 2.05) is 20.8 Å². The Morgan fingerprint density at radius 1 is 1.27 bits per heavy atom. The van der Waals surface area contributed by atoms with Gasteiger partial charge in [0, 0.05) is 6.07 Å². The quantitative estimate of drug-likeness (QED) is 0.565. The Morgan fingerprint density at radius 2 is 1.87 bits per heavy atom. The van der Waals surface area contributed by atoms with E-state index in [-0.39, 0.29) is 22.8 Å². The lowest BCUT2D eigenvalue weighted by Crippen LogP contribution is -2.09. The average Bonchev–Trinajstić information content (AvgIpc) is 2.16. The van der Waals surface area contributed by atoms with Crippen LogP contribution >= 0.6 is 0 Å². The molecule has 0 saturated heterocycles. The molecule has 0 aliphatic heterocycles. The number of hydrogen-bond acceptors (Lipinski definition) is 3. The summed E-state index contributed by atoms with van der Waals surface area (Å²) in [6, 6.07) is 6.66. The predicted octanol–water partition coefficient (Wildman–Crippen LogP) is 3.08. The molecule has 1 aromatic carbocycles. The van der Waals surface area contributed by atoms with Gasteiger partial charge in [-0.05, 0) is 26.8 Å². The van der Waals surface area contributed by atoms with E-state index < -0.39 is 0 Å². The van der Waals surface area contributed by atoms with E-state index in [4.69, 9.17) is 4.74 Å². The lowest BCUT2D eigenvalue weighted by Gasteiger charge is -2.16. The number of para-hydroxylation sites is 1. The molecule has 82 valence electrons. The smallest absolute Gasteiger partial charge is 0.275 e. The summed E-state index contributed by atoms with van der Waals surface area (Å²) >= 11 is 0. The van der Waals surface area contributed by atoms with Crippen LogP contribution in [0, 0.1) is 10.1 Å². The Morgan fingerprint density at radius 3 is 2.40 bits per heavy atom. The van der Waals surface area contributed by atoms with Gasteiger partial charge >= 0.3 is 0 Å². The number of ether oxygens (including phenoxy) is 1. The molecule has 1 atom stereocenters. The first-order valence-corrected chi connectivity index (χ1v) is 4.91. The molecule has 0 aromatic heterocycles. The van der Waals surface area contributed by atoms with Crippen molar-refractivity contribution in [1.82, 2.24) is 0 Å². The van der Waals surface area contributed by atoms with Crippen LogP contribution in [0.2, 0.25) is 0 Å². The van der Waals surface area contributed by atoms with Crippen LogP contribution in [0.5, 0.6) is 0 Å². The van der Waals surface area contributed by atoms with Gasteiger partial charge in [-0.25, -0.2) is 0 Å². The van der Waals surface area contributed by atoms with E-state index in [2.05, 4.69) is 0 Å². The average molecular weight is 209 g/mol. The summed E-state index contributed by atoms with van der Waals surface area (Å²) in [6.45, 7) is 5.64. The second-order valence-corrected chi connectivity index (χ2v) is 3.64. The van der Waals surface area contributed by atoms with Crippen molar-refractivity contribution in [3.8, 4) is 0 Å². The minimum absolute atomic E-state index is 0.0554. The highest BCUT2D eigenvalue weighted by Crippen LogP contribution is 2.27. The fraction of sp³-hybridized carbons (Fsp3) is 0.455. The van der Waals surface area contributed by atoms with Crippen molar-refractivity contribution >= 4 is 5.69 Å². The number of rotatable bonds is 4. The molecule has 0 aliphatic carbocycles. The molecule has 0 heterocycles. The molecule has 1 aromatic rings. The van der Waals surface area contributed by atoms with Crippen molar-refractivity contribution in [3.05, 3.63) is 39.9 Å². The maximum absolute atomic E-state index is 10.8. The van der Waals surface area contributed by atoms with Crippen LogP contribution < -0.4 is 0 Å². The number of nitro benzene ring substituents is 1. The van der Waals surface area contributed by atoms with E-state index in [0.717, 1.165) is 0 Å². The molecule has 4 nitrogen and oxygen atoms in total. The largest absolute Gasteiger partial charge is 0.371 e. The minimum Gasteiger partial charge on any atom is -0.371 e. The van der Waals surface area contributed by atoms with E-state index >= 15 is 0 Å². The van der Waals surface area contributed by atoms with Gasteiger partial charge in [0.1, 0.15) is 0 Å². The molecule has 0 radical (unpaired) electrons. The molecule has 1 rings (SSSR count). The van der Waals surface area contributed by atoms with Crippen molar-refractivity contribution < 1.29 is 9.66 Å². The van der Waals surface area contributed by atoms with Gasteiger partial charge in [0.05, 0.1) is 22.7 Å². The first-order chi connectivity index (χ1) is 7.02. The topological polar surface area (TPSA) is 52.4 Å². The Balaban J connectivity index is 2.97. The summed E-state index contributed by atoms with van der Waals surface area (Å²) < 4.78 is 5.52. The van der Waals surface area contributed by atoms with Crippen LogP contribution in [0.4, 0.5) is 5.69 Å². The highest BCUT2D eigenvalue weighted by atomic mass is 16.6. The fourth-order valence-electron chi connectivity index (χ4n) is 1.48. The van der Waals surface area contributed by atoms with Crippen molar-refractivity contribution in [1.29, 1.82) is 0 Å². The predicted molar refractivity (Wildman–Crippen MR) is 57.7 cm³/mol. The van der Waals surface area contributed by atoms with Crippen LogP contribution in [-0.4, -0.2) is 11.0 Å². The van der Waals surface area contributed by atoms with Crippen LogP contribution in [-0.2, 0) is 4.74 Å². The second kappa shape index (κ2) is 4.89. The van der Waals surface area contributed by atoms with Crippen molar-refractivity contribution in [2.24, 2.45) is 0 Å². The Bertz CT molecular complexity index is 349. The molecule has 0 bridgehead atoms. The Labute approximate surface area is 89.0 Å². The maximum atomic E-state index is 10.8. The number of benzene rings is 1. The second-order valence-electron chi connectivity index (χ2n) is 3.64.